The quantitative estimate of drug-likeness (QED) is 0.182. The zero-order valence-corrected chi connectivity index (χ0v) is 30.0. The van der Waals surface area contributed by atoms with Crippen LogP contribution in [0, 0.1) is 0 Å². The molecule has 2 aliphatic heterocycles. The molecule has 11 heteroatoms. The number of fused-ring (bicyclic) bond motifs is 7. The van der Waals surface area contributed by atoms with Gasteiger partial charge in [0, 0.05) is 66.7 Å². The van der Waals surface area contributed by atoms with E-state index in [4.69, 9.17) is 4.98 Å². The number of likely N-dealkylation sites (N-methyl/N-ethyl adjacent to an activating group) is 1. The van der Waals surface area contributed by atoms with Gasteiger partial charge in [0.05, 0.1) is 41.1 Å². The number of piperazine rings is 1. The van der Waals surface area contributed by atoms with Gasteiger partial charge in [-0.15, -0.1) is 0 Å². The summed E-state index contributed by atoms with van der Waals surface area (Å²) in [5, 5.41) is 11.9. The summed E-state index contributed by atoms with van der Waals surface area (Å²) in [6.07, 6.45) is 0.258. The van der Waals surface area contributed by atoms with Gasteiger partial charge in [0.15, 0.2) is 0 Å². The van der Waals surface area contributed by atoms with Crippen molar-refractivity contribution in [1.82, 2.24) is 19.4 Å². The van der Waals surface area contributed by atoms with Crippen molar-refractivity contribution < 1.29 is 27.9 Å². The number of amides is 1. The highest BCUT2D eigenvalue weighted by molar-refractivity contribution is 6.06. The number of carboxylic acids is 1. The van der Waals surface area contributed by atoms with E-state index in [2.05, 4.69) is 27.4 Å². The number of pyridine rings is 1. The van der Waals surface area contributed by atoms with E-state index in [0.717, 1.165) is 78.6 Å². The molecule has 2 aromatic heterocycles. The largest absolute Gasteiger partial charge is 0.478 e. The summed E-state index contributed by atoms with van der Waals surface area (Å²) in [7, 11) is 0. The molecule has 1 saturated carbocycles. The van der Waals surface area contributed by atoms with Crippen LogP contribution in [0.25, 0.3) is 44.3 Å². The van der Waals surface area contributed by atoms with Crippen molar-refractivity contribution in [2.75, 3.05) is 50.7 Å². The van der Waals surface area contributed by atoms with E-state index in [-0.39, 0.29) is 23.6 Å². The van der Waals surface area contributed by atoms with Crippen LogP contribution in [-0.4, -0.2) is 88.3 Å². The minimum absolute atomic E-state index is 0.0619. The fraction of sp³-hybridized carbons (Fsp3) is 0.405. The number of nitrogens with zero attached hydrogens (tertiary/aromatic N) is 5. The number of aromatic carboxylic acids is 1. The van der Waals surface area contributed by atoms with Gasteiger partial charge in [-0.2, -0.15) is 13.2 Å². The molecule has 4 heterocycles. The predicted octanol–water partition coefficient (Wildman–Crippen LogP) is 8.36. The second kappa shape index (κ2) is 14.2. The molecule has 0 radical (unpaired) electrons. The van der Waals surface area contributed by atoms with Gasteiger partial charge in [-0.1, -0.05) is 50.5 Å². The highest BCUT2D eigenvalue weighted by atomic mass is 19.4. The van der Waals surface area contributed by atoms with E-state index in [1.807, 2.05) is 29.2 Å². The summed E-state index contributed by atoms with van der Waals surface area (Å²) >= 11 is 0. The van der Waals surface area contributed by atoms with Gasteiger partial charge >= 0.3 is 12.1 Å². The topological polar surface area (TPSA) is 81.9 Å². The summed E-state index contributed by atoms with van der Waals surface area (Å²) < 4.78 is 42.0. The molecule has 1 saturated heterocycles. The Kier molecular flexibility index (Phi) is 9.39. The van der Waals surface area contributed by atoms with Gasteiger partial charge in [-0.25, -0.2) is 9.78 Å². The normalized spacial score (nSPS) is 17.2. The third kappa shape index (κ3) is 6.87. The molecule has 0 atom stereocenters. The van der Waals surface area contributed by atoms with E-state index >= 15 is 0 Å². The monoisotopic (exact) mass is 723 g/mol. The molecule has 3 aliphatic rings. The maximum Gasteiger partial charge on any atom is 0.393 e. The number of anilines is 1. The van der Waals surface area contributed by atoms with Crippen LogP contribution >= 0.6 is 0 Å². The summed E-state index contributed by atoms with van der Waals surface area (Å²) in [5.74, 6) is -0.594. The number of carbonyl (C=O) groups excluding carboxylic acids is 1. The number of hydrogen-bond donors (Lipinski definition) is 1. The fourth-order valence-electron chi connectivity index (χ4n) is 8.86. The molecule has 276 valence electrons. The Morgan fingerprint density at radius 1 is 0.868 bits per heavy atom. The third-order valence-corrected chi connectivity index (χ3v) is 11.5. The SMILES string of the molecule is CCN1CCN(C(=O)CN2CCn3c(c(C4CCCCC4)c4ccc(C(=O)O)cc43)-c3ccc4nc(-c5cccc(CC(F)(F)F)c5)ccc4c32)CC1. The number of rotatable bonds is 7. The second-order valence-electron chi connectivity index (χ2n) is 14.7. The third-order valence-electron chi connectivity index (χ3n) is 11.5. The summed E-state index contributed by atoms with van der Waals surface area (Å²) in [4.78, 5) is 37.7. The van der Waals surface area contributed by atoms with Crippen LogP contribution in [0.2, 0.25) is 0 Å². The molecule has 0 unspecified atom stereocenters. The smallest absolute Gasteiger partial charge is 0.393 e. The van der Waals surface area contributed by atoms with Crippen LogP contribution in [0.3, 0.4) is 0 Å². The minimum Gasteiger partial charge on any atom is -0.478 e. The van der Waals surface area contributed by atoms with E-state index in [1.54, 1.807) is 30.3 Å². The first-order valence-corrected chi connectivity index (χ1v) is 18.8. The Balaban J connectivity index is 1.29. The van der Waals surface area contributed by atoms with Crippen LogP contribution in [0.5, 0.6) is 0 Å². The number of halogens is 3. The summed E-state index contributed by atoms with van der Waals surface area (Å²) in [6, 6.07) is 19.8. The van der Waals surface area contributed by atoms with Crippen LogP contribution in [-0.2, 0) is 17.8 Å². The van der Waals surface area contributed by atoms with Crippen molar-refractivity contribution in [3.63, 3.8) is 0 Å². The van der Waals surface area contributed by atoms with Crippen LogP contribution < -0.4 is 4.90 Å². The van der Waals surface area contributed by atoms with Crippen LogP contribution in [0.15, 0.2) is 66.7 Å². The average Bonchev–Trinajstić information content (AvgIpc) is 3.39. The Hall–Kier alpha value is -4.90. The van der Waals surface area contributed by atoms with Gasteiger partial charge < -0.3 is 24.4 Å². The van der Waals surface area contributed by atoms with Gasteiger partial charge in [0.1, 0.15) is 0 Å². The van der Waals surface area contributed by atoms with Crippen LogP contribution in [0.1, 0.15) is 66.4 Å². The lowest BCUT2D eigenvalue weighted by Crippen LogP contribution is -2.51. The molecule has 0 bridgehead atoms. The number of hydrogen-bond acceptors (Lipinski definition) is 5. The standard InChI is InChI=1S/C42H44F3N5O3/c1-2-47-17-19-48(20-18-47)37(51)26-49-21-22-50-36-24-30(41(52)53)11-12-32(36)38(28-8-4-3-5-9-28)40(50)33-14-16-35-31(39(33)49)13-15-34(46-35)29-10-6-7-27(23-29)25-42(43,44)45/h6-7,10-16,23-24,28H,2-5,8-9,17-22,25-26H2,1H3,(H,52,53). The van der Waals surface area contributed by atoms with E-state index in [9.17, 15) is 27.9 Å². The molecule has 53 heavy (non-hydrogen) atoms. The van der Waals surface area contributed by atoms with Crippen molar-refractivity contribution in [2.24, 2.45) is 0 Å². The van der Waals surface area contributed by atoms with Crippen molar-refractivity contribution in [3.8, 4) is 22.5 Å². The van der Waals surface area contributed by atoms with E-state index in [1.165, 1.54) is 18.1 Å². The van der Waals surface area contributed by atoms with Crippen LogP contribution in [0.4, 0.5) is 18.9 Å². The second-order valence-corrected chi connectivity index (χ2v) is 14.7. The van der Waals surface area contributed by atoms with Gasteiger partial charge in [0.25, 0.3) is 0 Å². The van der Waals surface area contributed by atoms with Gasteiger partial charge in [-0.05, 0) is 78.9 Å². The molecular weight excluding hydrogens is 679 g/mol. The van der Waals surface area contributed by atoms with Crippen molar-refractivity contribution in [2.45, 2.75) is 64.1 Å². The zero-order valence-electron chi connectivity index (χ0n) is 30.0. The Morgan fingerprint density at radius 2 is 1.64 bits per heavy atom. The minimum atomic E-state index is -4.31. The lowest BCUT2D eigenvalue weighted by atomic mass is 9.81. The molecule has 1 N–H and O–H groups in total. The first-order chi connectivity index (χ1) is 25.6. The highest BCUT2D eigenvalue weighted by Crippen LogP contribution is 2.49. The molecule has 5 aromatic rings. The first-order valence-electron chi connectivity index (χ1n) is 18.8. The first kappa shape index (κ1) is 35.1. The number of carbonyl (C=O) groups is 2. The molecular formula is C42H44F3N5O3. The molecule has 8 rings (SSSR count). The van der Waals surface area contributed by atoms with Crippen molar-refractivity contribution >= 4 is 39.4 Å². The molecule has 1 amide bonds. The average molecular weight is 724 g/mol. The maximum atomic E-state index is 14.0. The van der Waals surface area contributed by atoms with Gasteiger partial charge in [-0.3, -0.25) is 4.79 Å². The molecule has 1 aliphatic carbocycles. The summed E-state index contributed by atoms with van der Waals surface area (Å²) in [6.45, 7) is 7.38. The number of carboxylic acid groups (broad SMARTS) is 1. The van der Waals surface area contributed by atoms with E-state index in [0.29, 0.717) is 48.9 Å². The Bertz CT molecular complexity index is 2200. The van der Waals surface area contributed by atoms with Crippen molar-refractivity contribution in [3.05, 3.63) is 83.4 Å². The Morgan fingerprint density at radius 3 is 2.38 bits per heavy atom. The number of benzene rings is 3. The van der Waals surface area contributed by atoms with Gasteiger partial charge in [0.2, 0.25) is 5.91 Å². The zero-order chi connectivity index (χ0) is 36.9. The number of alkyl halides is 3. The lowest BCUT2D eigenvalue weighted by Gasteiger charge is -2.36. The summed E-state index contributed by atoms with van der Waals surface area (Å²) in [5.41, 5.74) is 7.38. The molecule has 8 nitrogen and oxygen atoms in total. The molecule has 3 aromatic carbocycles. The maximum absolute atomic E-state index is 14.0. The fourth-order valence-corrected chi connectivity index (χ4v) is 8.86. The van der Waals surface area contributed by atoms with Crippen molar-refractivity contribution in [1.29, 1.82) is 0 Å². The number of aromatic nitrogens is 2. The molecule has 2 fully saturated rings. The lowest BCUT2D eigenvalue weighted by molar-refractivity contribution is -0.131. The Labute approximate surface area is 306 Å². The van der Waals surface area contributed by atoms with E-state index < -0.39 is 18.6 Å². The highest BCUT2D eigenvalue weighted by Gasteiger charge is 2.33. The predicted molar refractivity (Wildman–Crippen MR) is 202 cm³/mol. The molecule has 0 spiro atoms.